The first-order chi connectivity index (χ1) is 3.79. The van der Waals surface area contributed by atoms with Crippen LogP contribution in [-0.2, 0) is 0 Å². The van der Waals surface area contributed by atoms with E-state index in [0.717, 1.165) is 0 Å². The molecule has 1 rings (SSSR count). The van der Waals surface area contributed by atoms with Gasteiger partial charge >= 0.3 is 29.6 Å². The normalized spacial score (nSPS) is 16.7. The summed E-state index contributed by atoms with van der Waals surface area (Å²) in [5, 5.41) is 2.47. The van der Waals surface area contributed by atoms with Crippen molar-refractivity contribution in [2.75, 3.05) is 0 Å². The van der Waals surface area contributed by atoms with Gasteiger partial charge in [-0.15, -0.1) is 0 Å². The molecule has 0 N–H and O–H groups in total. The third-order valence-electron chi connectivity index (χ3n) is 0.614. The van der Waals surface area contributed by atoms with E-state index in [0.29, 0.717) is 5.03 Å². The summed E-state index contributed by atoms with van der Waals surface area (Å²) < 4.78 is 1.42. The molecule has 1 heterocycles. The van der Waals surface area contributed by atoms with Gasteiger partial charge < -0.3 is 0 Å². The van der Waals surface area contributed by atoms with Crippen molar-refractivity contribution < 1.29 is 0 Å². The van der Waals surface area contributed by atoms with Crippen LogP contribution in [0.5, 0.6) is 0 Å². The molecule has 0 aromatic heterocycles. The van der Waals surface area contributed by atoms with E-state index >= 15 is 0 Å². The molecule has 46 valence electrons. The monoisotopic (exact) mass is 191 g/mol. The first-order valence-electron chi connectivity index (χ1n) is 1.95. The maximum absolute atomic E-state index is 5.55. The van der Waals surface area contributed by atoms with Crippen molar-refractivity contribution in [1.29, 1.82) is 0 Å². The summed E-state index contributed by atoms with van der Waals surface area (Å²) >= 11 is 12.4. The zero-order valence-corrected chi connectivity index (χ0v) is 6.17. The zero-order valence-electron chi connectivity index (χ0n) is 3.84. The zero-order chi connectivity index (χ0) is 5.98. The van der Waals surface area contributed by atoms with Crippen molar-refractivity contribution in [2.24, 2.45) is 0 Å². The van der Waals surface area contributed by atoms with Crippen LogP contribution in [0.2, 0.25) is 0 Å². The van der Waals surface area contributed by atoms with Crippen molar-refractivity contribution in [2.45, 2.75) is 0 Å². The van der Waals surface area contributed by atoms with Crippen LogP contribution in [0.3, 0.4) is 0 Å². The summed E-state index contributed by atoms with van der Waals surface area (Å²) in [4.78, 5) is 0. The Morgan fingerprint density at radius 3 is 2.56 bits per heavy atom. The van der Waals surface area contributed by atoms with Gasteiger partial charge in [0.2, 0.25) is 0 Å². The molecule has 1 nitrogen and oxygen atoms in total. The number of nitrogens with zero attached hydrogens (tertiary/aromatic N) is 1. The van der Waals surface area contributed by atoms with E-state index in [1.165, 1.54) is 15.8 Å². The second-order valence-corrected chi connectivity index (χ2v) is 3.07. The third kappa shape index (κ3) is 3.81. The van der Waals surface area contributed by atoms with Crippen LogP contribution >= 0.6 is 35.3 Å². The molecule has 0 atom stereocenters. The Morgan fingerprint density at radius 1 is 1.56 bits per heavy atom. The van der Waals surface area contributed by atoms with E-state index in [-0.39, 0.29) is 29.6 Å². The summed E-state index contributed by atoms with van der Waals surface area (Å²) in [5.74, 6) is 0. The van der Waals surface area contributed by atoms with Gasteiger partial charge in [-0.2, -0.15) is 0 Å². The molecule has 1 aliphatic rings. The first-order valence-corrected chi connectivity index (χ1v) is 3.50. The van der Waals surface area contributed by atoms with Gasteiger partial charge in [0.05, 0.1) is 5.03 Å². The average Bonchev–Trinajstić information content (AvgIpc) is 1.64. The summed E-state index contributed by atoms with van der Waals surface area (Å²) in [6.07, 6.45) is 3.42. The van der Waals surface area contributed by atoms with Crippen molar-refractivity contribution in [3.63, 3.8) is 0 Å². The molecule has 0 aliphatic carbocycles. The number of allylic oxidation sites excluding steroid dienone is 2. The topological polar surface area (TPSA) is 3.24 Å². The molecule has 0 unspecified atom stereocenters. The van der Waals surface area contributed by atoms with Gasteiger partial charge in [0.1, 0.15) is 0 Å². The van der Waals surface area contributed by atoms with Crippen LogP contribution in [0.1, 0.15) is 0 Å². The summed E-state index contributed by atoms with van der Waals surface area (Å²) in [6.45, 7) is 0. The molecule has 0 saturated carbocycles. The van der Waals surface area contributed by atoms with Crippen LogP contribution in [0, 0.1) is 0 Å². The maximum atomic E-state index is 5.55. The standard InChI is InChI=1S/C4H3Cl2NS.Na.H/c5-4-1-2-8-7(6)3-4;;/h1-3H;;. The van der Waals surface area contributed by atoms with Gasteiger partial charge in [-0.05, 0) is 23.4 Å². The summed E-state index contributed by atoms with van der Waals surface area (Å²) in [7, 11) is 0. The second kappa shape index (κ2) is 4.94. The quantitative estimate of drug-likeness (QED) is 0.328. The predicted octanol–water partition coefficient (Wildman–Crippen LogP) is 2.05. The fraction of sp³-hybridized carbons (Fsp3) is 0. The summed E-state index contributed by atoms with van der Waals surface area (Å²) in [6, 6.07) is 0. The molecule has 0 aromatic carbocycles. The van der Waals surface area contributed by atoms with Crippen molar-refractivity contribution in [3.05, 3.63) is 22.7 Å². The van der Waals surface area contributed by atoms with E-state index in [4.69, 9.17) is 23.4 Å². The summed E-state index contributed by atoms with van der Waals surface area (Å²) in [5.41, 5.74) is 0. The number of rotatable bonds is 0. The van der Waals surface area contributed by atoms with E-state index in [2.05, 4.69) is 0 Å². The Bertz CT molecular complexity index is 148. The minimum atomic E-state index is 0. The molecular formula is C4H4Cl2NNaS. The molecule has 5 heteroatoms. The Balaban J connectivity index is 0.000000640. The van der Waals surface area contributed by atoms with Crippen molar-refractivity contribution in [1.82, 2.24) is 3.82 Å². The fourth-order valence-electron chi connectivity index (χ4n) is 0.324. The van der Waals surface area contributed by atoms with Crippen LogP contribution in [-0.4, -0.2) is 33.4 Å². The van der Waals surface area contributed by atoms with Gasteiger partial charge in [-0.3, -0.25) is 0 Å². The van der Waals surface area contributed by atoms with Crippen LogP contribution in [0.4, 0.5) is 0 Å². The van der Waals surface area contributed by atoms with Gasteiger partial charge in [-0.25, -0.2) is 3.82 Å². The molecular weight excluding hydrogens is 188 g/mol. The van der Waals surface area contributed by atoms with Gasteiger partial charge in [0, 0.05) is 18.0 Å². The Morgan fingerprint density at radius 2 is 2.22 bits per heavy atom. The molecule has 1 aliphatic heterocycles. The third-order valence-corrected chi connectivity index (χ3v) is 1.74. The van der Waals surface area contributed by atoms with Gasteiger partial charge in [-0.1, -0.05) is 11.6 Å². The van der Waals surface area contributed by atoms with Gasteiger partial charge in [0.15, 0.2) is 0 Å². The van der Waals surface area contributed by atoms with E-state index in [1.807, 2.05) is 5.41 Å². The number of hydrogen-bond donors (Lipinski definition) is 0. The van der Waals surface area contributed by atoms with E-state index in [9.17, 15) is 0 Å². The SMILES string of the molecule is ClC1=CN(Cl)SC=C1.[NaH]. The molecule has 0 amide bonds. The average molecular weight is 192 g/mol. The number of halogens is 2. The fourth-order valence-corrected chi connectivity index (χ4v) is 1.41. The predicted molar refractivity (Wildman–Crippen MR) is 45.5 cm³/mol. The molecule has 0 radical (unpaired) electrons. The molecule has 0 fully saturated rings. The number of hydrogen-bond acceptors (Lipinski definition) is 2. The first kappa shape index (κ1) is 10.2. The van der Waals surface area contributed by atoms with Crippen molar-refractivity contribution >= 4 is 64.9 Å². The van der Waals surface area contributed by atoms with Crippen LogP contribution < -0.4 is 0 Å². The van der Waals surface area contributed by atoms with E-state index in [1.54, 1.807) is 12.3 Å². The van der Waals surface area contributed by atoms with Crippen LogP contribution in [0.15, 0.2) is 22.7 Å². The van der Waals surface area contributed by atoms with E-state index < -0.39 is 0 Å². The van der Waals surface area contributed by atoms with Crippen LogP contribution in [0.25, 0.3) is 0 Å². The minimum absolute atomic E-state index is 0. The molecule has 0 aromatic rings. The Labute approximate surface area is 90.6 Å². The molecule has 9 heavy (non-hydrogen) atoms. The molecule has 0 bridgehead atoms. The van der Waals surface area contributed by atoms with Crippen molar-refractivity contribution in [3.8, 4) is 0 Å². The Kier molecular flexibility index (Phi) is 5.60. The Hall–Kier alpha value is 1.21. The van der Waals surface area contributed by atoms with Gasteiger partial charge in [0.25, 0.3) is 0 Å². The molecule has 0 spiro atoms. The molecule has 0 saturated heterocycles. The second-order valence-electron chi connectivity index (χ2n) is 1.19.